The highest BCUT2D eigenvalue weighted by atomic mass is 19.1. The van der Waals surface area contributed by atoms with Crippen LogP contribution in [-0.2, 0) is 13.1 Å². The Morgan fingerprint density at radius 3 is 2.38 bits per heavy atom. The molecule has 144 valence electrons. The minimum absolute atomic E-state index is 0.205. The first-order valence-corrected chi connectivity index (χ1v) is 9.64. The van der Waals surface area contributed by atoms with Crippen LogP contribution in [0.3, 0.4) is 0 Å². The number of nitrogens with zero attached hydrogens (tertiary/aromatic N) is 2. The van der Waals surface area contributed by atoms with Gasteiger partial charge in [0.1, 0.15) is 5.82 Å². The van der Waals surface area contributed by atoms with Crippen molar-refractivity contribution in [1.29, 1.82) is 0 Å². The zero-order chi connectivity index (χ0) is 19.1. The molecule has 0 saturated carbocycles. The summed E-state index contributed by atoms with van der Waals surface area (Å²) >= 11 is 0. The number of hydrogen-bond acceptors (Lipinski definition) is 2. The van der Waals surface area contributed by atoms with Crippen LogP contribution in [0, 0.1) is 17.7 Å². The van der Waals surface area contributed by atoms with E-state index >= 15 is 0 Å². The Labute approximate surface area is 157 Å². The van der Waals surface area contributed by atoms with E-state index in [1.807, 2.05) is 12.1 Å². The van der Waals surface area contributed by atoms with Crippen LogP contribution in [0.1, 0.15) is 45.4 Å². The third-order valence-corrected chi connectivity index (χ3v) is 4.81. The second-order valence-corrected chi connectivity index (χ2v) is 7.98. The maximum absolute atomic E-state index is 13.1. The van der Waals surface area contributed by atoms with Crippen molar-refractivity contribution in [1.82, 2.24) is 9.47 Å². The molecular weight excluding hydrogens is 327 g/mol. The molecule has 0 unspecified atom stereocenters. The summed E-state index contributed by atoms with van der Waals surface area (Å²) in [4.78, 5) is 2.35. The zero-order valence-electron chi connectivity index (χ0n) is 16.5. The van der Waals surface area contributed by atoms with Crippen molar-refractivity contribution in [3.8, 4) is 0 Å². The molecule has 0 spiro atoms. The molecule has 2 aromatic rings. The minimum Gasteiger partial charge on any atom is -0.392 e. The maximum atomic E-state index is 13.1. The van der Waals surface area contributed by atoms with Crippen LogP contribution in [0.25, 0.3) is 0 Å². The normalized spacial score (nSPS) is 13.1. The van der Waals surface area contributed by atoms with E-state index < -0.39 is 0 Å². The van der Waals surface area contributed by atoms with Gasteiger partial charge in [-0.25, -0.2) is 4.39 Å². The fourth-order valence-corrected chi connectivity index (χ4v) is 2.91. The van der Waals surface area contributed by atoms with Gasteiger partial charge in [0.15, 0.2) is 0 Å². The number of rotatable bonds is 10. The Morgan fingerprint density at radius 1 is 1.08 bits per heavy atom. The lowest BCUT2D eigenvalue weighted by Crippen LogP contribution is -2.36. The van der Waals surface area contributed by atoms with E-state index in [2.05, 4.69) is 55.5 Å². The smallest absolute Gasteiger partial charge is 0.123 e. The predicted molar refractivity (Wildman–Crippen MR) is 106 cm³/mol. The number of halogens is 1. The molecule has 0 saturated heterocycles. The van der Waals surface area contributed by atoms with Crippen molar-refractivity contribution in [3.63, 3.8) is 0 Å². The minimum atomic E-state index is -0.317. The molecular formula is C22H33FN2O. The lowest BCUT2D eigenvalue weighted by molar-refractivity contribution is 0.0702. The van der Waals surface area contributed by atoms with Gasteiger partial charge in [-0.1, -0.05) is 39.8 Å². The van der Waals surface area contributed by atoms with Gasteiger partial charge >= 0.3 is 0 Å². The van der Waals surface area contributed by atoms with Gasteiger partial charge in [0.25, 0.3) is 0 Å². The van der Waals surface area contributed by atoms with Crippen LogP contribution in [0.5, 0.6) is 0 Å². The van der Waals surface area contributed by atoms with E-state index in [4.69, 9.17) is 0 Å². The van der Waals surface area contributed by atoms with Gasteiger partial charge in [0.05, 0.1) is 6.10 Å². The molecule has 0 aliphatic heterocycles. The van der Waals surface area contributed by atoms with Crippen LogP contribution in [0.2, 0.25) is 0 Å². The monoisotopic (exact) mass is 360 g/mol. The molecule has 1 aromatic heterocycles. The van der Waals surface area contributed by atoms with Gasteiger partial charge in [-0.05, 0) is 54.6 Å². The molecule has 2 rings (SSSR count). The fourth-order valence-electron chi connectivity index (χ4n) is 2.91. The lowest BCUT2D eigenvalue weighted by atomic mass is 10.1. The van der Waals surface area contributed by atoms with Crippen molar-refractivity contribution < 1.29 is 9.50 Å². The number of aliphatic hydroxyl groups is 1. The first kappa shape index (κ1) is 20.7. The highest BCUT2D eigenvalue weighted by molar-refractivity contribution is 5.18. The Bertz CT molecular complexity index is 648. The van der Waals surface area contributed by atoms with E-state index in [1.165, 1.54) is 17.8 Å². The summed E-state index contributed by atoms with van der Waals surface area (Å²) in [5.74, 6) is 0.686. The van der Waals surface area contributed by atoms with Crippen LogP contribution in [0.15, 0.2) is 42.6 Å². The van der Waals surface area contributed by atoms with Crippen molar-refractivity contribution in [2.75, 3.05) is 13.1 Å². The third kappa shape index (κ3) is 6.58. The molecule has 0 amide bonds. The summed E-state index contributed by atoms with van der Waals surface area (Å²) in [7, 11) is 0. The molecule has 0 fully saturated rings. The average Bonchev–Trinajstić information content (AvgIpc) is 3.01. The summed E-state index contributed by atoms with van der Waals surface area (Å²) in [5.41, 5.74) is 2.30. The first-order valence-electron chi connectivity index (χ1n) is 9.64. The van der Waals surface area contributed by atoms with Gasteiger partial charge in [-0.15, -0.1) is 0 Å². The quantitative estimate of drug-likeness (QED) is 0.674. The van der Waals surface area contributed by atoms with Crippen molar-refractivity contribution in [2.24, 2.45) is 11.8 Å². The van der Waals surface area contributed by atoms with E-state index in [1.54, 1.807) is 0 Å². The molecule has 0 bridgehead atoms. The summed E-state index contributed by atoms with van der Waals surface area (Å²) < 4.78 is 15.3. The molecule has 1 N–H and O–H groups in total. The molecule has 3 nitrogen and oxygen atoms in total. The zero-order valence-corrected chi connectivity index (χ0v) is 16.5. The summed E-state index contributed by atoms with van der Waals surface area (Å²) in [6.45, 7) is 11.8. The van der Waals surface area contributed by atoms with Crippen molar-refractivity contribution >= 4 is 0 Å². The number of hydrogen-bond donors (Lipinski definition) is 1. The molecule has 0 aliphatic rings. The van der Waals surface area contributed by atoms with Gasteiger partial charge in [-0.3, -0.25) is 4.90 Å². The topological polar surface area (TPSA) is 28.4 Å². The second kappa shape index (κ2) is 9.89. The highest BCUT2D eigenvalue weighted by Gasteiger charge is 2.17. The van der Waals surface area contributed by atoms with Crippen LogP contribution in [0.4, 0.5) is 4.39 Å². The molecule has 0 radical (unpaired) electrons. The highest BCUT2D eigenvalue weighted by Crippen LogP contribution is 2.14. The number of benzene rings is 1. The summed E-state index contributed by atoms with van der Waals surface area (Å²) in [6, 6.07) is 10.9. The van der Waals surface area contributed by atoms with Gasteiger partial charge in [-0.2, -0.15) is 0 Å². The Hall–Kier alpha value is -1.65. The van der Waals surface area contributed by atoms with Gasteiger partial charge in [0.2, 0.25) is 0 Å². The second-order valence-electron chi connectivity index (χ2n) is 7.98. The number of aliphatic hydroxyl groups excluding tert-OH is 1. The van der Waals surface area contributed by atoms with Crippen LogP contribution >= 0.6 is 0 Å². The van der Waals surface area contributed by atoms with E-state index in [0.717, 1.165) is 31.6 Å². The molecule has 4 heteroatoms. The lowest BCUT2D eigenvalue weighted by Gasteiger charge is -2.28. The van der Waals surface area contributed by atoms with E-state index in [0.29, 0.717) is 12.5 Å². The predicted octanol–water partition coefficient (Wildman–Crippen LogP) is 4.54. The van der Waals surface area contributed by atoms with Gasteiger partial charge in [0, 0.05) is 31.5 Å². The van der Waals surface area contributed by atoms with E-state index in [-0.39, 0.29) is 17.8 Å². The third-order valence-electron chi connectivity index (χ3n) is 4.81. The molecule has 0 aliphatic carbocycles. The van der Waals surface area contributed by atoms with Gasteiger partial charge < -0.3 is 9.67 Å². The molecule has 26 heavy (non-hydrogen) atoms. The standard InChI is InChI=1S/C22H33FN2O/c1-17(2)11-13-24(16-22(26)18(3)4)15-21-6-5-12-25(21)14-19-7-9-20(23)10-8-19/h5-10,12,17-18,22,26H,11,13-16H2,1-4H3/t22-/m1/s1. The number of aromatic nitrogens is 1. The first-order chi connectivity index (χ1) is 12.3. The average molecular weight is 361 g/mol. The van der Waals surface area contributed by atoms with Crippen LogP contribution in [-0.4, -0.2) is 33.8 Å². The van der Waals surface area contributed by atoms with Crippen LogP contribution < -0.4 is 0 Å². The Kier molecular flexibility index (Phi) is 7.85. The summed E-state index contributed by atoms with van der Waals surface area (Å²) in [5, 5.41) is 10.3. The maximum Gasteiger partial charge on any atom is 0.123 e. The van der Waals surface area contributed by atoms with Crippen molar-refractivity contribution in [3.05, 3.63) is 59.7 Å². The molecule has 1 heterocycles. The summed E-state index contributed by atoms with van der Waals surface area (Å²) in [6.07, 6.45) is 2.87. The van der Waals surface area contributed by atoms with Crippen molar-refractivity contribution in [2.45, 2.75) is 53.3 Å². The molecule has 1 aromatic carbocycles. The Morgan fingerprint density at radius 2 is 1.77 bits per heavy atom. The van der Waals surface area contributed by atoms with E-state index in [9.17, 15) is 9.50 Å². The Balaban J connectivity index is 2.07. The largest absolute Gasteiger partial charge is 0.392 e. The fraction of sp³-hybridized carbons (Fsp3) is 0.545. The SMILES string of the molecule is CC(C)CCN(Cc1cccn1Cc1ccc(F)cc1)C[C@@H](O)C(C)C. The molecule has 1 atom stereocenters.